The van der Waals surface area contributed by atoms with E-state index in [1.165, 1.54) is 11.3 Å². The van der Waals surface area contributed by atoms with Crippen molar-refractivity contribution >= 4 is 28.2 Å². The molecule has 0 bridgehead atoms. The lowest BCUT2D eigenvalue weighted by Crippen LogP contribution is -2.41. The molecule has 1 atom stereocenters. The summed E-state index contributed by atoms with van der Waals surface area (Å²) in [6.45, 7) is 0.715. The Kier molecular flexibility index (Phi) is 2.75. The number of hydrogen-bond acceptors (Lipinski definition) is 5. The predicted octanol–water partition coefficient (Wildman–Crippen LogP) is 0.422. The third-order valence-electron chi connectivity index (χ3n) is 2.77. The number of carbonyl (C=O) groups is 1. The van der Waals surface area contributed by atoms with Crippen molar-refractivity contribution in [3.8, 4) is 0 Å². The summed E-state index contributed by atoms with van der Waals surface area (Å²) in [5.74, 6) is 1.13. The molecule has 1 aliphatic heterocycles. The first kappa shape index (κ1) is 11.2. The molecule has 1 aromatic heterocycles. The van der Waals surface area contributed by atoms with E-state index in [-0.39, 0.29) is 11.8 Å². The highest BCUT2D eigenvalue weighted by Gasteiger charge is 2.30. The van der Waals surface area contributed by atoms with Crippen molar-refractivity contribution in [2.75, 3.05) is 38.3 Å². The Morgan fingerprint density at radius 2 is 2.31 bits per heavy atom. The molecule has 2 N–H and O–H groups in total. The van der Waals surface area contributed by atoms with Crippen LogP contribution in [0.25, 0.3) is 0 Å². The van der Waals surface area contributed by atoms with Crippen LogP contribution in [0.3, 0.4) is 0 Å². The van der Waals surface area contributed by atoms with Crippen LogP contribution in [0.2, 0.25) is 0 Å². The van der Waals surface area contributed by atoms with Gasteiger partial charge in [-0.1, -0.05) is 0 Å². The number of rotatable bonds is 1. The van der Waals surface area contributed by atoms with Crippen LogP contribution in [0.4, 0.5) is 10.9 Å². The summed E-state index contributed by atoms with van der Waals surface area (Å²) in [7, 11) is 5.53. The summed E-state index contributed by atoms with van der Waals surface area (Å²) in [4.78, 5) is 21.0. The van der Waals surface area contributed by atoms with E-state index in [2.05, 4.69) is 4.98 Å². The Morgan fingerprint density at radius 1 is 1.62 bits per heavy atom. The quantitative estimate of drug-likeness (QED) is 0.773. The van der Waals surface area contributed by atoms with Crippen LogP contribution < -0.4 is 10.6 Å². The maximum atomic E-state index is 11.9. The Labute approximate surface area is 98.9 Å². The van der Waals surface area contributed by atoms with Crippen LogP contribution in [-0.2, 0) is 11.2 Å². The highest BCUT2D eigenvalue weighted by molar-refractivity contribution is 7.15. The summed E-state index contributed by atoms with van der Waals surface area (Å²) in [5.41, 5.74) is 5.69. The molecule has 0 aliphatic carbocycles. The lowest BCUT2D eigenvalue weighted by atomic mass is 9.99. The second-order valence-electron chi connectivity index (χ2n) is 4.31. The number of hydrogen-bond donors (Lipinski definition) is 1. The highest BCUT2D eigenvalue weighted by Crippen LogP contribution is 2.34. The smallest absolute Gasteiger partial charge is 0.227 e. The molecular weight excluding hydrogens is 224 g/mol. The first-order valence-corrected chi connectivity index (χ1v) is 5.98. The molecule has 0 radical (unpaired) electrons. The summed E-state index contributed by atoms with van der Waals surface area (Å²) < 4.78 is 0. The van der Waals surface area contributed by atoms with Gasteiger partial charge in [-0.25, -0.2) is 4.98 Å². The standard InChI is InChI=1S/C10H16N4OS/c1-13(2)9(15)6-4-7-8(14(3)5-6)12-10(11)16-7/h6H,4-5H2,1-3H3,(H2,11,12). The minimum atomic E-state index is 0.0207. The van der Waals surface area contributed by atoms with Crippen molar-refractivity contribution in [3.05, 3.63) is 4.88 Å². The zero-order chi connectivity index (χ0) is 11.9. The van der Waals surface area contributed by atoms with Crippen LogP contribution in [0.5, 0.6) is 0 Å². The van der Waals surface area contributed by atoms with Crippen molar-refractivity contribution in [1.82, 2.24) is 9.88 Å². The van der Waals surface area contributed by atoms with E-state index in [0.717, 1.165) is 17.1 Å². The van der Waals surface area contributed by atoms with E-state index in [4.69, 9.17) is 5.73 Å². The van der Waals surface area contributed by atoms with Gasteiger partial charge in [0, 0.05) is 27.7 Å². The molecule has 16 heavy (non-hydrogen) atoms. The van der Waals surface area contributed by atoms with Gasteiger partial charge in [0.1, 0.15) is 5.82 Å². The van der Waals surface area contributed by atoms with Gasteiger partial charge in [-0.3, -0.25) is 4.79 Å². The zero-order valence-electron chi connectivity index (χ0n) is 9.73. The van der Waals surface area contributed by atoms with Gasteiger partial charge in [0.25, 0.3) is 0 Å². The number of anilines is 2. The lowest BCUT2D eigenvalue weighted by Gasteiger charge is -2.30. The number of nitrogens with two attached hydrogens (primary N) is 1. The molecule has 88 valence electrons. The van der Waals surface area contributed by atoms with E-state index in [9.17, 15) is 4.79 Å². The van der Waals surface area contributed by atoms with Gasteiger partial charge in [0.2, 0.25) is 5.91 Å². The van der Waals surface area contributed by atoms with Gasteiger partial charge in [-0.15, -0.1) is 11.3 Å². The Hall–Kier alpha value is -1.30. The highest BCUT2D eigenvalue weighted by atomic mass is 32.1. The Balaban J connectivity index is 2.24. The number of nitrogens with zero attached hydrogens (tertiary/aromatic N) is 3. The van der Waals surface area contributed by atoms with Gasteiger partial charge in [0.15, 0.2) is 5.13 Å². The topological polar surface area (TPSA) is 62.5 Å². The molecule has 0 saturated heterocycles. The van der Waals surface area contributed by atoms with E-state index in [1.807, 2.05) is 11.9 Å². The summed E-state index contributed by atoms with van der Waals surface area (Å²) in [6, 6.07) is 0. The Morgan fingerprint density at radius 3 is 2.94 bits per heavy atom. The van der Waals surface area contributed by atoms with E-state index in [1.54, 1.807) is 19.0 Å². The van der Waals surface area contributed by atoms with Crippen molar-refractivity contribution in [2.45, 2.75) is 6.42 Å². The number of thiazole rings is 1. The molecule has 2 heterocycles. The molecule has 0 saturated carbocycles. The van der Waals surface area contributed by atoms with Crippen LogP contribution in [0.1, 0.15) is 4.88 Å². The summed E-state index contributed by atoms with van der Waals surface area (Å²) in [5, 5.41) is 0.579. The SMILES string of the molecule is CN(C)C(=O)C1Cc2sc(N)nc2N(C)C1. The molecule has 0 fully saturated rings. The van der Waals surface area contributed by atoms with E-state index >= 15 is 0 Å². The fraction of sp³-hybridized carbons (Fsp3) is 0.600. The minimum absolute atomic E-state index is 0.0207. The molecular formula is C10H16N4OS. The monoisotopic (exact) mass is 240 g/mol. The molecule has 5 nitrogen and oxygen atoms in total. The van der Waals surface area contributed by atoms with Crippen molar-refractivity contribution in [2.24, 2.45) is 5.92 Å². The van der Waals surface area contributed by atoms with Crippen LogP contribution in [-0.4, -0.2) is 43.5 Å². The van der Waals surface area contributed by atoms with Crippen LogP contribution in [0.15, 0.2) is 0 Å². The number of aromatic nitrogens is 1. The zero-order valence-corrected chi connectivity index (χ0v) is 10.5. The minimum Gasteiger partial charge on any atom is -0.375 e. The number of carbonyl (C=O) groups excluding carboxylic acids is 1. The average Bonchev–Trinajstić information content (AvgIpc) is 2.57. The normalized spacial score (nSPS) is 19.4. The fourth-order valence-corrected chi connectivity index (χ4v) is 2.99. The summed E-state index contributed by atoms with van der Waals surface area (Å²) in [6.07, 6.45) is 0.756. The molecule has 1 aliphatic rings. The van der Waals surface area contributed by atoms with Crippen molar-refractivity contribution in [3.63, 3.8) is 0 Å². The van der Waals surface area contributed by atoms with E-state index in [0.29, 0.717) is 11.7 Å². The van der Waals surface area contributed by atoms with Gasteiger partial charge in [0.05, 0.1) is 10.8 Å². The largest absolute Gasteiger partial charge is 0.375 e. The molecule has 1 amide bonds. The van der Waals surface area contributed by atoms with Gasteiger partial charge in [-0.2, -0.15) is 0 Å². The second-order valence-corrected chi connectivity index (χ2v) is 5.43. The third kappa shape index (κ3) is 1.84. The number of fused-ring (bicyclic) bond motifs is 1. The van der Waals surface area contributed by atoms with Gasteiger partial charge in [-0.05, 0) is 6.42 Å². The number of amides is 1. The summed E-state index contributed by atoms with van der Waals surface area (Å²) >= 11 is 1.48. The van der Waals surface area contributed by atoms with Gasteiger partial charge < -0.3 is 15.5 Å². The van der Waals surface area contributed by atoms with Crippen molar-refractivity contribution in [1.29, 1.82) is 0 Å². The van der Waals surface area contributed by atoms with Crippen molar-refractivity contribution < 1.29 is 4.79 Å². The molecule has 1 unspecified atom stereocenters. The maximum absolute atomic E-state index is 11.9. The number of nitrogen functional groups attached to an aromatic ring is 1. The van der Waals surface area contributed by atoms with Gasteiger partial charge >= 0.3 is 0 Å². The fourth-order valence-electron chi connectivity index (χ4n) is 2.03. The van der Waals surface area contributed by atoms with Crippen LogP contribution in [0, 0.1) is 5.92 Å². The first-order valence-electron chi connectivity index (χ1n) is 5.16. The first-order chi connectivity index (χ1) is 7.49. The predicted molar refractivity (Wildman–Crippen MR) is 65.7 cm³/mol. The molecule has 0 spiro atoms. The molecule has 1 aromatic rings. The maximum Gasteiger partial charge on any atom is 0.227 e. The molecule has 6 heteroatoms. The Bertz CT molecular complexity index is 415. The third-order valence-corrected chi connectivity index (χ3v) is 3.67. The van der Waals surface area contributed by atoms with E-state index < -0.39 is 0 Å². The second kappa shape index (κ2) is 3.93. The molecule has 2 rings (SSSR count). The van der Waals surface area contributed by atoms with Crippen LogP contribution >= 0.6 is 11.3 Å². The molecule has 0 aromatic carbocycles. The lowest BCUT2D eigenvalue weighted by molar-refractivity contribution is -0.132. The average molecular weight is 240 g/mol.